The van der Waals surface area contributed by atoms with Gasteiger partial charge in [-0.25, -0.2) is 0 Å². The second kappa shape index (κ2) is 3.95. The van der Waals surface area contributed by atoms with Crippen LogP contribution in [0, 0.1) is 0 Å². The summed E-state index contributed by atoms with van der Waals surface area (Å²) in [6.07, 6.45) is 0. The molecule has 1 aromatic heterocycles. The third kappa shape index (κ3) is 1.70. The van der Waals surface area contributed by atoms with E-state index in [0.29, 0.717) is 13.2 Å². The van der Waals surface area contributed by atoms with Crippen molar-refractivity contribution in [2.75, 3.05) is 6.61 Å². The molecule has 1 aromatic carbocycles. The van der Waals surface area contributed by atoms with Crippen molar-refractivity contribution in [2.24, 2.45) is 12.8 Å². The Hall–Kier alpha value is -1.48. The number of benzene rings is 1. The molecule has 15 heavy (non-hydrogen) atoms. The fourth-order valence-electron chi connectivity index (χ4n) is 1.82. The highest BCUT2D eigenvalue weighted by atomic mass is 16.5. The molecule has 0 saturated carbocycles. The Morgan fingerprint density at radius 3 is 2.80 bits per heavy atom. The van der Waals surface area contributed by atoms with E-state index in [1.807, 2.05) is 20.0 Å². The zero-order valence-corrected chi connectivity index (χ0v) is 9.16. The molecule has 0 aliphatic heterocycles. The Morgan fingerprint density at radius 1 is 1.33 bits per heavy atom. The predicted molar refractivity (Wildman–Crippen MR) is 62.0 cm³/mol. The quantitative estimate of drug-likeness (QED) is 0.831. The molecule has 0 radical (unpaired) electrons. The van der Waals surface area contributed by atoms with E-state index in [2.05, 4.69) is 22.8 Å². The van der Waals surface area contributed by atoms with Gasteiger partial charge in [-0.05, 0) is 25.1 Å². The number of nitrogens with zero attached hydrogens (tertiary/aromatic N) is 1. The molecule has 0 amide bonds. The summed E-state index contributed by atoms with van der Waals surface area (Å²) >= 11 is 0. The first-order valence-electron chi connectivity index (χ1n) is 5.17. The molecular weight excluding hydrogens is 188 g/mol. The molecule has 2 rings (SSSR count). The lowest BCUT2D eigenvalue weighted by atomic mass is 10.2. The van der Waals surface area contributed by atoms with Crippen LogP contribution >= 0.6 is 0 Å². The Kier molecular flexibility index (Phi) is 2.64. The standard InChI is InChI=1S/C12H16N2O/c1-3-15-11-5-4-9-6-10(8-13)14(2)12(9)7-11/h4-7H,3,8,13H2,1-2H3. The normalized spacial score (nSPS) is 10.9. The van der Waals surface area contributed by atoms with Crippen LogP contribution in [0.1, 0.15) is 12.6 Å². The summed E-state index contributed by atoms with van der Waals surface area (Å²) < 4.78 is 7.58. The summed E-state index contributed by atoms with van der Waals surface area (Å²) in [7, 11) is 2.03. The summed E-state index contributed by atoms with van der Waals surface area (Å²) in [4.78, 5) is 0. The number of fused-ring (bicyclic) bond motifs is 1. The van der Waals surface area contributed by atoms with Crippen LogP contribution in [0.15, 0.2) is 24.3 Å². The van der Waals surface area contributed by atoms with E-state index in [1.54, 1.807) is 0 Å². The highest BCUT2D eigenvalue weighted by Crippen LogP contribution is 2.23. The Morgan fingerprint density at radius 2 is 2.13 bits per heavy atom. The third-order valence-electron chi connectivity index (χ3n) is 2.64. The van der Waals surface area contributed by atoms with E-state index < -0.39 is 0 Å². The molecule has 0 atom stereocenters. The molecule has 3 heteroatoms. The van der Waals surface area contributed by atoms with E-state index in [0.717, 1.165) is 11.4 Å². The minimum Gasteiger partial charge on any atom is -0.494 e. The van der Waals surface area contributed by atoms with Gasteiger partial charge in [0.2, 0.25) is 0 Å². The Labute approximate surface area is 89.4 Å². The van der Waals surface area contributed by atoms with Crippen molar-refractivity contribution in [3.8, 4) is 5.75 Å². The maximum Gasteiger partial charge on any atom is 0.121 e. The van der Waals surface area contributed by atoms with Gasteiger partial charge in [-0.2, -0.15) is 0 Å². The molecule has 3 nitrogen and oxygen atoms in total. The molecule has 0 bridgehead atoms. The van der Waals surface area contributed by atoms with Crippen LogP contribution in [-0.4, -0.2) is 11.2 Å². The summed E-state index contributed by atoms with van der Waals surface area (Å²) in [5.74, 6) is 0.912. The van der Waals surface area contributed by atoms with E-state index in [4.69, 9.17) is 10.5 Å². The van der Waals surface area contributed by atoms with Crippen LogP contribution in [0.25, 0.3) is 10.9 Å². The smallest absolute Gasteiger partial charge is 0.121 e. The monoisotopic (exact) mass is 204 g/mol. The average Bonchev–Trinajstić information content (AvgIpc) is 2.56. The maximum absolute atomic E-state index is 5.66. The first kappa shape index (κ1) is 10.1. The lowest BCUT2D eigenvalue weighted by molar-refractivity contribution is 0.340. The van der Waals surface area contributed by atoms with Crippen LogP contribution in [0.2, 0.25) is 0 Å². The lowest BCUT2D eigenvalue weighted by Crippen LogP contribution is -2.02. The van der Waals surface area contributed by atoms with Crippen LogP contribution < -0.4 is 10.5 Å². The van der Waals surface area contributed by atoms with Crippen LogP contribution in [0.4, 0.5) is 0 Å². The number of ether oxygens (including phenoxy) is 1. The van der Waals surface area contributed by atoms with Crippen molar-refractivity contribution in [2.45, 2.75) is 13.5 Å². The van der Waals surface area contributed by atoms with Gasteiger partial charge in [-0.1, -0.05) is 0 Å². The first-order chi connectivity index (χ1) is 7.26. The van der Waals surface area contributed by atoms with Crippen molar-refractivity contribution >= 4 is 10.9 Å². The SMILES string of the molecule is CCOc1ccc2cc(CN)n(C)c2c1. The van der Waals surface area contributed by atoms with Gasteiger partial charge in [-0.15, -0.1) is 0 Å². The predicted octanol–water partition coefficient (Wildman–Crippen LogP) is 2.04. The van der Waals surface area contributed by atoms with Crippen molar-refractivity contribution in [1.29, 1.82) is 0 Å². The van der Waals surface area contributed by atoms with Gasteiger partial charge in [-0.3, -0.25) is 0 Å². The molecule has 0 aliphatic rings. The van der Waals surface area contributed by atoms with Crippen molar-refractivity contribution < 1.29 is 4.74 Å². The van der Waals surface area contributed by atoms with E-state index in [9.17, 15) is 0 Å². The molecule has 2 aromatic rings. The Bertz CT molecular complexity index is 474. The maximum atomic E-state index is 5.66. The topological polar surface area (TPSA) is 40.2 Å². The van der Waals surface area contributed by atoms with Crippen molar-refractivity contribution in [3.63, 3.8) is 0 Å². The lowest BCUT2D eigenvalue weighted by Gasteiger charge is -2.04. The summed E-state index contributed by atoms with van der Waals surface area (Å²) in [6.45, 7) is 3.25. The number of nitrogens with two attached hydrogens (primary N) is 1. The first-order valence-corrected chi connectivity index (χ1v) is 5.17. The zero-order valence-electron chi connectivity index (χ0n) is 9.16. The molecule has 0 aliphatic carbocycles. The molecule has 0 unspecified atom stereocenters. The molecule has 2 N–H and O–H groups in total. The number of aryl methyl sites for hydroxylation is 1. The van der Waals surface area contributed by atoms with E-state index >= 15 is 0 Å². The minimum atomic E-state index is 0.565. The molecule has 1 heterocycles. The molecule has 80 valence electrons. The second-order valence-corrected chi connectivity index (χ2v) is 3.55. The fourth-order valence-corrected chi connectivity index (χ4v) is 1.82. The summed E-state index contributed by atoms with van der Waals surface area (Å²) in [5, 5.41) is 1.21. The van der Waals surface area contributed by atoms with Gasteiger partial charge in [0.1, 0.15) is 5.75 Å². The minimum absolute atomic E-state index is 0.565. The van der Waals surface area contributed by atoms with Crippen molar-refractivity contribution in [1.82, 2.24) is 4.57 Å². The second-order valence-electron chi connectivity index (χ2n) is 3.55. The Balaban J connectivity index is 2.54. The largest absolute Gasteiger partial charge is 0.494 e. The number of aromatic nitrogens is 1. The van der Waals surface area contributed by atoms with Crippen LogP contribution in [0.5, 0.6) is 5.75 Å². The zero-order chi connectivity index (χ0) is 10.8. The van der Waals surface area contributed by atoms with Crippen LogP contribution in [0.3, 0.4) is 0 Å². The summed E-state index contributed by atoms with van der Waals surface area (Å²) in [5.41, 5.74) is 7.96. The molecule has 0 fully saturated rings. The summed E-state index contributed by atoms with van der Waals surface area (Å²) in [6, 6.07) is 8.23. The number of hydrogen-bond acceptors (Lipinski definition) is 2. The van der Waals surface area contributed by atoms with E-state index in [-0.39, 0.29) is 0 Å². The van der Waals surface area contributed by atoms with Gasteiger partial charge >= 0.3 is 0 Å². The number of hydrogen-bond donors (Lipinski definition) is 1. The number of rotatable bonds is 3. The molecule has 0 spiro atoms. The van der Waals surface area contributed by atoms with E-state index in [1.165, 1.54) is 10.9 Å². The fraction of sp³-hybridized carbons (Fsp3) is 0.333. The van der Waals surface area contributed by atoms with Gasteiger partial charge < -0.3 is 15.0 Å². The van der Waals surface area contributed by atoms with Gasteiger partial charge in [0.15, 0.2) is 0 Å². The van der Waals surface area contributed by atoms with Crippen LogP contribution in [-0.2, 0) is 13.6 Å². The highest BCUT2D eigenvalue weighted by molar-refractivity contribution is 5.82. The van der Waals surface area contributed by atoms with Gasteiger partial charge in [0.05, 0.1) is 12.1 Å². The third-order valence-corrected chi connectivity index (χ3v) is 2.64. The molecular formula is C12H16N2O. The average molecular weight is 204 g/mol. The molecule has 0 saturated heterocycles. The van der Waals surface area contributed by atoms with Crippen molar-refractivity contribution in [3.05, 3.63) is 30.0 Å². The van der Waals surface area contributed by atoms with Gasteiger partial charge in [0.25, 0.3) is 0 Å². The highest BCUT2D eigenvalue weighted by Gasteiger charge is 2.05. The van der Waals surface area contributed by atoms with Gasteiger partial charge in [0, 0.05) is 30.7 Å².